The van der Waals surface area contributed by atoms with E-state index >= 15 is 0 Å². The Hall–Kier alpha value is -0.124. The van der Waals surface area contributed by atoms with E-state index in [4.69, 9.17) is 0 Å². The average Bonchev–Trinajstić information content (AvgIpc) is 3.14. The number of carboxylic acid groups (broad SMARTS) is 1. The summed E-state index contributed by atoms with van der Waals surface area (Å²) in [5, 5.41) is 26.3. The number of aliphatic carboxylic acids is 1. The molecule has 1 saturated heterocycles. The summed E-state index contributed by atoms with van der Waals surface area (Å²) in [4.78, 5) is 33.7. The van der Waals surface area contributed by atoms with Crippen molar-refractivity contribution in [2.45, 2.75) is 37.4 Å². The van der Waals surface area contributed by atoms with Crippen molar-refractivity contribution in [3.05, 3.63) is 27.4 Å². The van der Waals surface area contributed by atoms with Crippen LogP contribution in [-0.2, 0) is 9.59 Å². The molecule has 2 aromatic heterocycles. The molecule has 0 aromatic carbocycles. The molecule has 1 amide bonds. The third kappa shape index (κ3) is 4.30. The molecule has 29 heavy (non-hydrogen) atoms. The monoisotopic (exact) mass is 477 g/mol. The zero-order valence-electron chi connectivity index (χ0n) is 16.1. The van der Waals surface area contributed by atoms with Crippen LogP contribution >= 0.6 is 35.3 Å². The van der Waals surface area contributed by atoms with Gasteiger partial charge in [0, 0.05) is 11.4 Å². The summed E-state index contributed by atoms with van der Waals surface area (Å²) < 4.78 is 2.16. The second kappa shape index (κ2) is 9.16. The van der Waals surface area contributed by atoms with Crippen molar-refractivity contribution in [1.82, 2.24) is 24.5 Å². The molecule has 2 aromatic rings. The molecule has 0 spiro atoms. The van der Waals surface area contributed by atoms with Crippen molar-refractivity contribution in [3.8, 4) is 0 Å². The Morgan fingerprint density at radius 3 is 2.76 bits per heavy atom. The number of fused-ring (bicyclic) bond motifs is 2. The van der Waals surface area contributed by atoms with Gasteiger partial charge in [-0.15, -0.1) is 16.9 Å². The van der Waals surface area contributed by atoms with Gasteiger partial charge in [-0.2, -0.15) is 4.98 Å². The van der Waals surface area contributed by atoms with E-state index in [0.29, 0.717) is 20.3 Å². The van der Waals surface area contributed by atoms with E-state index in [1.807, 2.05) is 19.9 Å². The molecule has 9 nitrogen and oxygen atoms in total. The van der Waals surface area contributed by atoms with Crippen molar-refractivity contribution in [2.75, 3.05) is 5.08 Å². The molecular weight excluding hydrogens is 462 g/mol. The summed E-state index contributed by atoms with van der Waals surface area (Å²) in [6.07, 6.45) is -0.829. The molecule has 148 valence electrons. The van der Waals surface area contributed by atoms with Crippen molar-refractivity contribution >= 4 is 52.9 Å². The van der Waals surface area contributed by atoms with Crippen molar-refractivity contribution in [3.63, 3.8) is 0 Å². The number of aryl methyl sites for hydroxylation is 2. The number of rotatable bonds is 6. The Morgan fingerprint density at radius 1 is 1.38 bits per heavy atom. The van der Waals surface area contributed by atoms with E-state index in [-0.39, 0.29) is 63.0 Å². The van der Waals surface area contributed by atoms with Gasteiger partial charge in [-0.3, -0.25) is 9.69 Å². The molecule has 0 bridgehead atoms. The van der Waals surface area contributed by atoms with E-state index in [9.17, 15) is 19.8 Å². The number of carboxylic acids is 1. The van der Waals surface area contributed by atoms with Gasteiger partial charge in [0.15, 0.2) is 0 Å². The van der Waals surface area contributed by atoms with Gasteiger partial charge in [-0.05, 0) is 26.8 Å². The third-order valence-corrected chi connectivity index (χ3v) is 8.06. The first-order valence-corrected chi connectivity index (χ1v) is 11.2. The second-order valence-corrected chi connectivity index (χ2v) is 10.1. The molecule has 13 heteroatoms. The van der Waals surface area contributed by atoms with Crippen LogP contribution in [0.1, 0.15) is 18.3 Å². The molecular formula is C16H16KN5O4S3. The number of aromatic nitrogens is 4. The first-order chi connectivity index (χ1) is 13.3. The SMILES string of the molecule is Cc1cc(C)n2nc(SCSC3=C(C(=O)[O-])N4C(=O)[C@H]([C@@H](C)O)[C@H]4S3)nc2n1.[K+]. The molecule has 2 aliphatic heterocycles. The minimum Gasteiger partial charge on any atom is -0.543 e. The predicted molar refractivity (Wildman–Crippen MR) is 104 cm³/mol. The Bertz CT molecular complexity index is 1030. The topological polar surface area (TPSA) is 124 Å². The number of carbonyl (C=O) groups is 2. The molecule has 0 radical (unpaired) electrons. The van der Waals surface area contributed by atoms with Crippen LogP contribution in [-0.4, -0.2) is 58.0 Å². The number of thioether (sulfide) groups is 3. The van der Waals surface area contributed by atoms with Crippen LogP contribution in [0.25, 0.3) is 5.78 Å². The van der Waals surface area contributed by atoms with Gasteiger partial charge in [0.05, 0.1) is 33.0 Å². The summed E-state index contributed by atoms with van der Waals surface area (Å²) in [6, 6.07) is 1.91. The van der Waals surface area contributed by atoms with E-state index in [1.165, 1.54) is 47.1 Å². The van der Waals surface area contributed by atoms with E-state index in [2.05, 4.69) is 15.1 Å². The van der Waals surface area contributed by atoms with Crippen LogP contribution in [0.5, 0.6) is 0 Å². The largest absolute Gasteiger partial charge is 1.00 e. The molecule has 4 rings (SSSR count). The predicted octanol–water partition coefficient (Wildman–Crippen LogP) is -2.64. The zero-order valence-corrected chi connectivity index (χ0v) is 21.7. The van der Waals surface area contributed by atoms with Gasteiger partial charge in [-0.25, -0.2) is 9.50 Å². The molecule has 1 N–H and O–H groups in total. The Labute approximate surface area is 221 Å². The molecule has 4 heterocycles. The number of β-lactam (4-membered cyclic amide) rings is 1. The zero-order chi connectivity index (χ0) is 20.2. The Balaban J connectivity index is 0.00000240. The maximum Gasteiger partial charge on any atom is 1.00 e. The standard InChI is InChI=1S/C16H17N5O4S3.K/c1-6-4-7(2)21-15(17-6)18-16(19-21)27-5-26-14-10(13(24)25)20-11(23)9(8(3)22)12(20)28-14;/h4,8-9,12,22H,5H2,1-3H3,(H,24,25);/q;+1/p-1/t8-,9+,12-;/m1./s1. The summed E-state index contributed by atoms with van der Waals surface area (Å²) >= 11 is 3.93. The van der Waals surface area contributed by atoms with Crippen LogP contribution in [0.3, 0.4) is 0 Å². The van der Waals surface area contributed by atoms with Gasteiger partial charge in [0.2, 0.25) is 11.1 Å². The minimum absolute atomic E-state index is 0. The summed E-state index contributed by atoms with van der Waals surface area (Å²) in [7, 11) is 0. The number of hydrogen-bond acceptors (Lipinski definition) is 10. The molecule has 0 aliphatic carbocycles. The number of carbonyl (C=O) groups excluding carboxylic acids is 2. The first kappa shape index (κ1) is 23.5. The summed E-state index contributed by atoms with van der Waals surface area (Å²) in [6.45, 7) is 5.35. The maximum atomic E-state index is 12.2. The molecule has 2 aliphatic rings. The fraction of sp³-hybridized carbons (Fsp3) is 0.438. The van der Waals surface area contributed by atoms with Gasteiger partial charge >= 0.3 is 51.4 Å². The number of aliphatic hydroxyl groups is 1. The van der Waals surface area contributed by atoms with Gasteiger partial charge in [0.25, 0.3) is 5.78 Å². The van der Waals surface area contributed by atoms with E-state index in [0.717, 1.165) is 11.4 Å². The maximum absolute atomic E-state index is 12.2. The number of nitrogens with zero attached hydrogens (tertiary/aromatic N) is 5. The second-order valence-electron chi connectivity index (χ2n) is 6.46. The van der Waals surface area contributed by atoms with Gasteiger partial charge < -0.3 is 15.0 Å². The number of aliphatic hydroxyl groups excluding tert-OH is 1. The smallest absolute Gasteiger partial charge is 0.543 e. The molecule has 0 saturated carbocycles. The summed E-state index contributed by atoms with van der Waals surface area (Å²) in [5.41, 5.74) is 1.67. The fourth-order valence-electron chi connectivity index (χ4n) is 3.19. The molecule has 3 atom stereocenters. The van der Waals surface area contributed by atoms with Crippen molar-refractivity contribution < 1.29 is 71.2 Å². The number of hydrogen-bond donors (Lipinski definition) is 1. The minimum atomic E-state index is -1.39. The van der Waals surface area contributed by atoms with Crippen molar-refractivity contribution in [2.24, 2.45) is 5.92 Å². The van der Waals surface area contributed by atoms with Gasteiger partial charge in [-0.1, -0.05) is 23.5 Å². The van der Waals surface area contributed by atoms with Crippen LogP contribution < -0.4 is 56.5 Å². The van der Waals surface area contributed by atoms with Crippen LogP contribution in [0, 0.1) is 19.8 Å². The average molecular weight is 478 g/mol. The van der Waals surface area contributed by atoms with Crippen LogP contribution in [0.4, 0.5) is 0 Å². The van der Waals surface area contributed by atoms with E-state index < -0.39 is 23.4 Å². The van der Waals surface area contributed by atoms with Crippen LogP contribution in [0.2, 0.25) is 0 Å². The van der Waals surface area contributed by atoms with Crippen molar-refractivity contribution in [1.29, 1.82) is 0 Å². The first-order valence-electron chi connectivity index (χ1n) is 8.38. The van der Waals surface area contributed by atoms with E-state index in [1.54, 1.807) is 4.52 Å². The Kier molecular flexibility index (Phi) is 7.44. The van der Waals surface area contributed by atoms with Crippen LogP contribution in [0.15, 0.2) is 21.2 Å². The number of amides is 1. The Morgan fingerprint density at radius 2 is 2.10 bits per heavy atom. The summed E-state index contributed by atoms with van der Waals surface area (Å²) in [5.74, 6) is -1.85. The third-order valence-electron chi connectivity index (χ3n) is 4.44. The fourth-order valence-corrected chi connectivity index (χ4v) is 7.20. The molecule has 1 fully saturated rings. The van der Waals surface area contributed by atoms with Gasteiger partial charge in [0.1, 0.15) is 5.37 Å². The molecule has 0 unspecified atom stereocenters. The quantitative estimate of drug-likeness (QED) is 0.204. The normalized spacial score (nSPS) is 21.8.